The second-order valence-electron chi connectivity index (χ2n) is 11.0. The fourth-order valence-corrected chi connectivity index (χ4v) is 4.93. The largest absolute Gasteiger partial charge is 0.478 e. The summed E-state index contributed by atoms with van der Waals surface area (Å²) in [6.07, 6.45) is 24.2. The van der Waals surface area contributed by atoms with E-state index in [0.29, 0.717) is 18.1 Å². The molecule has 1 aromatic rings. The van der Waals surface area contributed by atoms with Gasteiger partial charge in [0.05, 0.1) is 16.7 Å². The lowest BCUT2D eigenvalue weighted by Gasteiger charge is -2.03. The predicted molar refractivity (Wildman–Crippen MR) is 154 cm³/mol. The van der Waals surface area contributed by atoms with E-state index in [4.69, 9.17) is 32.5 Å². The molecular weight excluding hydrogens is 498 g/mol. The maximum Gasteiger partial charge on any atom is 0.335 e. The van der Waals surface area contributed by atoms with Crippen LogP contribution in [0, 0.1) is 0 Å². The first kappa shape index (κ1) is 34.5. The quantitative estimate of drug-likeness (QED) is 0.253. The molecule has 3 aliphatic carbocycles. The molecule has 9 N–H and O–H groups in total. The maximum atomic E-state index is 10.6. The zero-order valence-corrected chi connectivity index (χ0v) is 23.5. The molecule has 4 rings (SSSR count). The van der Waals surface area contributed by atoms with Gasteiger partial charge < -0.3 is 32.5 Å². The van der Waals surface area contributed by atoms with Gasteiger partial charge >= 0.3 is 17.9 Å². The van der Waals surface area contributed by atoms with E-state index in [9.17, 15) is 14.4 Å². The second-order valence-corrected chi connectivity index (χ2v) is 11.0. The molecule has 3 saturated carbocycles. The molecule has 1 aromatic carbocycles. The monoisotopic (exact) mass is 549 g/mol. The lowest BCUT2D eigenvalue weighted by atomic mass is 10.1. The minimum absolute atomic E-state index is 0.368. The molecule has 0 aliphatic heterocycles. The average Bonchev–Trinajstić information content (AvgIpc) is 3.40. The van der Waals surface area contributed by atoms with E-state index in [1.165, 1.54) is 116 Å². The first-order valence-corrected chi connectivity index (χ1v) is 14.7. The van der Waals surface area contributed by atoms with Crippen LogP contribution < -0.4 is 17.2 Å². The third-order valence-electron chi connectivity index (χ3n) is 7.37. The Morgan fingerprint density at radius 1 is 0.436 bits per heavy atom. The third kappa shape index (κ3) is 16.9. The Kier molecular flexibility index (Phi) is 18.1. The van der Waals surface area contributed by atoms with E-state index >= 15 is 0 Å². The normalized spacial score (nSPS) is 19.2. The van der Waals surface area contributed by atoms with Crippen molar-refractivity contribution in [2.24, 2.45) is 17.2 Å². The molecule has 3 fully saturated rings. The first-order valence-electron chi connectivity index (χ1n) is 14.7. The summed E-state index contributed by atoms with van der Waals surface area (Å²) in [4.78, 5) is 31.7. The Balaban J connectivity index is 0.000000273. The van der Waals surface area contributed by atoms with Crippen LogP contribution in [0.2, 0.25) is 0 Å². The molecule has 222 valence electrons. The number of nitrogens with two attached hydrogens (primary N) is 3. The lowest BCUT2D eigenvalue weighted by molar-refractivity contribution is 0.0696. The van der Waals surface area contributed by atoms with Crippen molar-refractivity contribution in [3.8, 4) is 0 Å². The second kappa shape index (κ2) is 20.4. The van der Waals surface area contributed by atoms with Gasteiger partial charge in [0, 0.05) is 18.1 Å². The summed E-state index contributed by atoms with van der Waals surface area (Å²) in [5.74, 6) is -4.12. The van der Waals surface area contributed by atoms with Gasteiger partial charge in [-0.25, -0.2) is 14.4 Å². The minimum Gasteiger partial charge on any atom is -0.478 e. The van der Waals surface area contributed by atoms with E-state index in [2.05, 4.69) is 0 Å². The molecule has 0 radical (unpaired) electrons. The van der Waals surface area contributed by atoms with Crippen molar-refractivity contribution in [3.63, 3.8) is 0 Å². The van der Waals surface area contributed by atoms with Crippen molar-refractivity contribution in [3.05, 3.63) is 34.9 Å². The number of hydrogen-bond acceptors (Lipinski definition) is 6. The van der Waals surface area contributed by atoms with Crippen LogP contribution in [0.4, 0.5) is 0 Å². The fraction of sp³-hybridized carbons (Fsp3) is 0.700. The van der Waals surface area contributed by atoms with E-state index in [0.717, 1.165) is 18.2 Å². The van der Waals surface area contributed by atoms with Gasteiger partial charge in [0.15, 0.2) is 0 Å². The van der Waals surface area contributed by atoms with Crippen LogP contribution in [0.5, 0.6) is 0 Å². The van der Waals surface area contributed by atoms with Gasteiger partial charge in [-0.05, 0) is 56.7 Å². The smallest absolute Gasteiger partial charge is 0.335 e. The van der Waals surface area contributed by atoms with Crippen LogP contribution in [0.25, 0.3) is 0 Å². The van der Waals surface area contributed by atoms with Crippen LogP contribution in [0.1, 0.15) is 147 Å². The molecule has 0 spiro atoms. The van der Waals surface area contributed by atoms with E-state index in [1.54, 1.807) is 0 Å². The number of rotatable bonds is 3. The molecule has 3 aliphatic rings. The highest BCUT2D eigenvalue weighted by Gasteiger charge is 2.14. The van der Waals surface area contributed by atoms with Crippen molar-refractivity contribution >= 4 is 17.9 Å². The highest BCUT2D eigenvalue weighted by Crippen LogP contribution is 2.16. The number of hydrogen-bond donors (Lipinski definition) is 6. The molecule has 39 heavy (non-hydrogen) atoms. The van der Waals surface area contributed by atoms with Crippen LogP contribution in [-0.4, -0.2) is 51.4 Å². The molecule has 9 nitrogen and oxygen atoms in total. The highest BCUT2D eigenvalue weighted by molar-refractivity contribution is 5.98. The molecule has 0 bridgehead atoms. The fourth-order valence-electron chi connectivity index (χ4n) is 4.93. The average molecular weight is 550 g/mol. The molecule has 0 saturated heterocycles. The van der Waals surface area contributed by atoms with Crippen LogP contribution in [-0.2, 0) is 0 Å². The Bertz CT molecular complexity index is 717. The number of benzene rings is 1. The van der Waals surface area contributed by atoms with Gasteiger partial charge in [0.2, 0.25) is 0 Å². The van der Waals surface area contributed by atoms with Gasteiger partial charge in [-0.3, -0.25) is 0 Å². The molecular formula is C30H51N3O6. The first-order chi connectivity index (χ1) is 18.6. The van der Waals surface area contributed by atoms with Crippen molar-refractivity contribution in [1.29, 1.82) is 0 Å². The number of carboxylic acids is 3. The molecule has 0 atom stereocenters. The lowest BCUT2D eigenvalue weighted by Crippen LogP contribution is -2.17. The van der Waals surface area contributed by atoms with Gasteiger partial charge in [-0.2, -0.15) is 0 Å². The number of carbonyl (C=O) groups is 3. The topological polar surface area (TPSA) is 190 Å². The van der Waals surface area contributed by atoms with Crippen molar-refractivity contribution < 1.29 is 29.7 Å². The van der Waals surface area contributed by atoms with Gasteiger partial charge in [0.1, 0.15) is 0 Å². The summed E-state index contributed by atoms with van der Waals surface area (Å²) in [5, 5.41) is 25.8. The summed E-state index contributed by atoms with van der Waals surface area (Å²) in [7, 11) is 0. The van der Waals surface area contributed by atoms with Crippen molar-refractivity contribution in [2.75, 3.05) is 0 Å². The summed E-state index contributed by atoms with van der Waals surface area (Å²) < 4.78 is 0. The maximum absolute atomic E-state index is 10.6. The molecule has 9 heteroatoms. The Morgan fingerprint density at radius 2 is 0.615 bits per heavy atom. The van der Waals surface area contributed by atoms with Crippen molar-refractivity contribution in [1.82, 2.24) is 0 Å². The van der Waals surface area contributed by atoms with Gasteiger partial charge in [-0.15, -0.1) is 0 Å². The SMILES string of the molecule is NC1CCCCCC1.NC1CCCCCC1.NC1CCCCCC1.O=C(O)c1cc(C(=O)O)cc(C(=O)O)c1. The van der Waals surface area contributed by atoms with Crippen LogP contribution >= 0.6 is 0 Å². The van der Waals surface area contributed by atoms with Gasteiger partial charge in [-0.1, -0.05) is 77.0 Å². The van der Waals surface area contributed by atoms with E-state index in [-0.39, 0.29) is 16.7 Å². The van der Waals surface area contributed by atoms with Crippen LogP contribution in [0.15, 0.2) is 18.2 Å². The Morgan fingerprint density at radius 3 is 0.769 bits per heavy atom. The summed E-state index contributed by atoms with van der Waals surface area (Å²) in [6.45, 7) is 0. The predicted octanol–water partition coefficient (Wildman–Crippen LogP) is 5.78. The third-order valence-corrected chi connectivity index (χ3v) is 7.37. The standard InChI is InChI=1S/C9H6O6.3C7H15N/c10-7(11)4-1-5(8(12)13)3-6(2-4)9(14)15;3*8-7-5-3-1-2-4-6-7/h1-3H,(H,10,11)(H,12,13)(H,14,15);3*7H,1-6,8H2. The van der Waals surface area contributed by atoms with Crippen molar-refractivity contribution in [2.45, 2.75) is 134 Å². The number of carboxylic acid groups (broad SMARTS) is 3. The Labute approximate surface area is 233 Å². The van der Waals surface area contributed by atoms with E-state index < -0.39 is 17.9 Å². The highest BCUT2D eigenvalue weighted by atomic mass is 16.4. The van der Waals surface area contributed by atoms with Gasteiger partial charge in [0.25, 0.3) is 0 Å². The molecule has 0 aromatic heterocycles. The Hall–Kier alpha value is -2.49. The zero-order valence-electron chi connectivity index (χ0n) is 23.5. The minimum atomic E-state index is -1.37. The van der Waals surface area contributed by atoms with Crippen LogP contribution in [0.3, 0.4) is 0 Å². The summed E-state index contributed by atoms with van der Waals surface area (Å²) in [6, 6.07) is 4.28. The molecule has 0 heterocycles. The van der Waals surface area contributed by atoms with E-state index in [1.807, 2.05) is 0 Å². The summed E-state index contributed by atoms with van der Waals surface area (Å²) >= 11 is 0. The molecule has 0 amide bonds. The molecule has 0 unspecified atom stereocenters. The summed E-state index contributed by atoms with van der Waals surface area (Å²) in [5.41, 5.74) is 16.1. The number of aromatic carboxylic acids is 3. The zero-order chi connectivity index (χ0) is 29.0.